The van der Waals surface area contributed by atoms with E-state index in [1.54, 1.807) is 11.3 Å². The lowest BCUT2D eigenvalue weighted by Gasteiger charge is -2.27. The van der Waals surface area contributed by atoms with Crippen molar-refractivity contribution >= 4 is 34.4 Å². The van der Waals surface area contributed by atoms with Crippen LogP contribution in [0, 0.1) is 0 Å². The fraction of sp³-hybridized carbons (Fsp3) is 0.364. The van der Waals surface area contributed by atoms with Gasteiger partial charge in [0.1, 0.15) is 11.1 Å². The molecule has 0 spiro atoms. The first-order chi connectivity index (χ1) is 7.83. The van der Waals surface area contributed by atoms with Gasteiger partial charge in [-0.2, -0.15) is 0 Å². The molecule has 1 unspecified atom stereocenters. The number of nitrogens with zero attached hydrogens (tertiary/aromatic N) is 2. The van der Waals surface area contributed by atoms with Gasteiger partial charge in [0.05, 0.1) is 16.8 Å². The van der Waals surface area contributed by atoms with Gasteiger partial charge in [-0.15, -0.1) is 11.3 Å². The summed E-state index contributed by atoms with van der Waals surface area (Å²) in [6, 6.07) is 8.18. The SMILES string of the molecule is SN1CCOC(c2nc3ccccc3s2)C1. The maximum Gasteiger partial charge on any atom is 0.124 e. The summed E-state index contributed by atoms with van der Waals surface area (Å²) in [4.78, 5) is 4.60. The van der Waals surface area contributed by atoms with Crippen molar-refractivity contribution in [3.8, 4) is 0 Å². The molecule has 3 rings (SSSR count). The van der Waals surface area contributed by atoms with Crippen molar-refractivity contribution in [1.82, 2.24) is 9.29 Å². The summed E-state index contributed by atoms with van der Waals surface area (Å²) in [5.41, 5.74) is 1.06. The molecule has 2 heterocycles. The predicted molar refractivity (Wildman–Crippen MR) is 68.9 cm³/mol. The summed E-state index contributed by atoms with van der Waals surface area (Å²) in [5.74, 6) is 0. The van der Waals surface area contributed by atoms with E-state index in [2.05, 4.69) is 23.9 Å². The summed E-state index contributed by atoms with van der Waals surface area (Å²) in [6.07, 6.45) is 0.0728. The molecule has 0 amide bonds. The minimum Gasteiger partial charge on any atom is -0.368 e. The summed E-state index contributed by atoms with van der Waals surface area (Å²) in [7, 11) is 0. The number of thiol groups is 1. The monoisotopic (exact) mass is 252 g/mol. The lowest BCUT2D eigenvalue weighted by atomic mass is 10.3. The molecule has 0 aliphatic carbocycles. The smallest absolute Gasteiger partial charge is 0.124 e. The minimum atomic E-state index is 0.0728. The van der Waals surface area contributed by atoms with Crippen molar-refractivity contribution in [2.24, 2.45) is 0 Å². The van der Waals surface area contributed by atoms with Gasteiger partial charge in [0, 0.05) is 13.1 Å². The highest BCUT2D eigenvalue weighted by Crippen LogP contribution is 2.30. The third-order valence-electron chi connectivity index (χ3n) is 2.63. The maximum atomic E-state index is 5.72. The molecule has 0 bridgehead atoms. The Hall–Kier alpha value is -0.620. The van der Waals surface area contributed by atoms with E-state index in [1.165, 1.54) is 4.70 Å². The molecule has 0 saturated carbocycles. The maximum absolute atomic E-state index is 5.72. The zero-order valence-corrected chi connectivity index (χ0v) is 10.4. The van der Waals surface area contributed by atoms with Crippen LogP contribution in [0.2, 0.25) is 0 Å². The second-order valence-corrected chi connectivity index (χ2v) is 5.42. The molecule has 3 nitrogen and oxygen atoms in total. The molecule has 1 aliphatic rings. The van der Waals surface area contributed by atoms with Gasteiger partial charge in [0.15, 0.2) is 0 Å². The summed E-state index contributed by atoms with van der Waals surface area (Å²) in [5, 5.41) is 1.06. The molecule has 1 aliphatic heterocycles. The van der Waals surface area contributed by atoms with Crippen LogP contribution in [0.25, 0.3) is 10.2 Å². The Morgan fingerprint density at radius 1 is 1.44 bits per heavy atom. The van der Waals surface area contributed by atoms with Crippen LogP contribution in [0.1, 0.15) is 11.1 Å². The Morgan fingerprint density at radius 3 is 3.12 bits per heavy atom. The number of ether oxygens (including phenoxy) is 1. The highest BCUT2D eigenvalue weighted by molar-refractivity contribution is 7.77. The quantitative estimate of drug-likeness (QED) is 0.790. The second-order valence-electron chi connectivity index (χ2n) is 3.79. The third kappa shape index (κ3) is 1.96. The Morgan fingerprint density at radius 2 is 2.31 bits per heavy atom. The van der Waals surface area contributed by atoms with Crippen molar-refractivity contribution in [2.45, 2.75) is 6.10 Å². The van der Waals surface area contributed by atoms with E-state index < -0.39 is 0 Å². The summed E-state index contributed by atoms with van der Waals surface area (Å²) >= 11 is 6.07. The number of fused-ring (bicyclic) bond motifs is 1. The van der Waals surface area contributed by atoms with Gasteiger partial charge >= 0.3 is 0 Å². The minimum absolute atomic E-state index is 0.0728. The summed E-state index contributed by atoms with van der Waals surface area (Å²) < 4.78 is 8.93. The zero-order valence-electron chi connectivity index (χ0n) is 8.67. The molecular weight excluding hydrogens is 240 g/mol. The molecule has 1 atom stereocenters. The number of benzene rings is 1. The molecule has 2 aromatic rings. The number of aromatic nitrogens is 1. The molecule has 1 aromatic carbocycles. The summed E-state index contributed by atoms with van der Waals surface area (Å²) in [6.45, 7) is 2.41. The van der Waals surface area contributed by atoms with E-state index in [1.807, 2.05) is 22.5 Å². The standard InChI is InChI=1S/C11H12N2OS2/c15-13-5-6-14-9(7-13)11-12-8-3-1-2-4-10(8)16-11/h1-4,9,15H,5-7H2. The van der Waals surface area contributed by atoms with Crippen LogP contribution in [0.5, 0.6) is 0 Å². The number of morpholine rings is 1. The number of thiazole rings is 1. The van der Waals surface area contributed by atoms with Crippen LogP contribution >= 0.6 is 24.2 Å². The van der Waals surface area contributed by atoms with Crippen LogP contribution in [0.3, 0.4) is 0 Å². The lowest BCUT2D eigenvalue weighted by Crippen LogP contribution is -2.31. The number of rotatable bonds is 1. The van der Waals surface area contributed by atoms with Gasteiger partial charge in [-0.25, -0.2) is 9.29 Å². The number of hydrogen-bond acceptors (Lipinski definition) is 5. The van der Waals surface area contributed by atoms with Crippen molar-refractivity contribution in [3.63, 3.8) is 0 Å². The molecule has 1 fully saturated rings. The van der Waals surface area contributed by atoms with E-state index in [-0.39, 0.29) is 6.10 Å². The van der Waals surface area contributed by atoms with E-state index in [4.69, 9.17) is 4.74 Å². The van der Waals surface area contributed by atoms with Crippen molar-refractivity contribution in [1.29, 1.82) is 0 Å². The molecule has 5 heteroatoms. The molecule has 0 radical (unpaired) electrons. The fourth-order valence-corrected chi connectivity index (χ4v) is 3.05. The number of para-hydroxylation sites is 1. The fourth-order valence-electron chi connectivity index (χ4n) is 1.81. The first kappa shape index (κ1) is 10.5. The predicted octanol–water partition coefficient (Wildman–Crippen LogP) is 2.51. The van der Waals surface area contributed by atoms with Crippen LogP contribution in [-0.2, 0) is 4.74 Å². The highest BCUT2D eigenvalue weighted by atomic mass is 32.1. The molecular formula is C11H12N2OS2. The van der Waals surface area contributed by atoms with E-state index in [9.17, 15) is 0 Å². The van der Waals surface area contributed by atoms with Crippen molar-refractivity contribution in [2.75, 3.05) is 19.7 Å². The Labute approximate surface area is 104 Å². The largest absolute Gasteiger partial charge is 0.368 e. The average Bonchev–Trinajstić information content (AvgIpc) is 2.72. The lowest BCUT2D eigenvalue weighted by molar-refractivity contribution is 0.00122. The molecule has 1 aromatic heterocycles. The van der Waals surface area contributed by atoms with E-state index >= 15 is 0 Å². The zero-order chi connectivity index (χ0) is 11.0. The average molecular weight is 252 g/mol. The van der Waals surface area contributed by atoms with Gasteiger partial charge in [-0.1, -0.05) is 24.9 Å². The first-order valence-corrected chi connectivity index (χ1v) is 6.45. The normalized spacial score (nSPS) is 22.7. The Balaban J connectivity index is 1.93. The molecule has 84 valence electrons. The van der Waals surface area contributed by atoms with Crippen LogP contribution in [-0.4, -0.2) is 29.0 Å². The van der Waals surface area contributed by atoms with Gasteiger partial charge in [-0.3, -0.25) is 0 Å². The topological polar surface area (TPSA) is 25.4 Å². The first-order valence-electron chi connectivity index (χ1n) is 5.24. The van der Waals surface area contributed by atoms with Crippen molar-refractivity contribution in [3.05, 3.63) is 29.3 Å². The van der Waals surface area contributed by atoms with Gasteiger partial charge in [0.2, 0.25) is 0 Å². The Kier molecular flexibility index (Phi) is 2.85. The van der Waals surface area contributed by atoms with Gasteiger partial charge in [-0.05, 0) is 12.1 Å². The van der Waals surface area contributed by atoms with Crippen molar-refractivity contribution < 1.29 is 4.74 Å². The van der Waals surface area contributed by atoms with Crippen LogP contribution in [0.15, 0.2) is 24.3 Å². The molecule has 1 saturated heterocycles. The van der Waals surface area contributed by atoms with Crippen LogP contribution in [0.4, 0.5) is 0 Å². The second kappa shape index (κ2) is 4.33. The highest BCUT2D eigenvalue weighted by Gasteiger charge is 2.23. The van der Waals surface area contributed by atoms with Crippen LogP contribution < -0.4 is 0 Å². The van der Waals surface area contributed by atoms with Gasteiger partial charge < -0.3 is 4.74 Å². The van der Waals surface area contributed by atoms with E-state index in [0.717, 1.165) is 30.2 Å². The van der Waals surface area contributed by atoms with E-state index in [0.29, 0.717) is 0 Å². The molecule has 0 N–H and O–H groups in total. The number of hydrogen-bond donors (Lipinski definition) is 1. The third-order valence-corrected chi connectivity index (χ3v) is 4.12. The van der Waals surface area contributed by atoms with Gasteiger partial charge in [0.25, 0.3) is 0 Å². The molecule has 16 heavy (non-hydrogen) atoms. The Bertz CT molecular complexity index is 466.